The van der Waals surface area contributed by atoms with Gasteiger partial charge in [-0.05, 0) is 31.2 Å². The molecule has 0 aliphatic carbocycles. The molecule has 0 radical (unpaired) electrons. The third-order valence-electron chi connectivity index (χ3n) is 3.32. The molecule has 0 unspecified atom stereocenters. The van der Waals surface area contributed by atoms with Crippen LogP contribution in [0.5, 0.6) is 0 Å². The van der Waals surface area contributed by atoms with Gasteiger partial charge in [0, 0.05) is 29.7 Å². The van der Waals surface area contributed by atoms with E-state index in [1.165, 1.54) is 7.11 Å². The van der Waals surface area contributed by atoms with Crippen molar-refractivity contribution in [2.24, 2.45) is 0 Å². The number of imide groups is 1. The zero-order chi connectivity index (χ0) is 20.4. The van der Waals surface area contributed by atoms with Crippen LogP contribution in [0.1, 0.15) is 21.1 Å². The predicted octanol–water partition coefficient (Wildman–Crippen LogP) is 2.37. The number of ether oxygens (including phenoxy) is 2. The van der Waals surface area contributed by atoms with Crippen molar-refractivity contribution in [1.29, 1.82) is 0 Å². The fraction of sp³-hybridized carbons (Fsp3) is 0.333. The molecule has 2 rings (SSSR count). The minimum Gasteiger partial charge on any atom is -0.452 e. The molecule has 2 N–H and O–H groups in total. The lowest BCUT2D eigenvalue weighted by molar-refractivity contribution is -0.123. The summed E-state index contributed by atoms with van der Waals surface area (Å²) in [5.74, 6) is -0.601. The van der Waals surface area contributed by atoms with Gasteiger partial charge in [-0.25, -0.2) is 14.6 Å². The van der Waals surface area contributed by atoms with Gasteiger partial charge < -0.3 is 14.8 Å². The highest BCUT2D eigenvalue weighted by Crippen LogP contribution is 2.24. The van der Waals surface area contributed by atoms with Crippen molar-refractivity contribution >= 4 is 41.0 Å². The molecule has 0 fully saturated rings. The number of thioether (sulfide) groups is 1. The van der Waals surface area contributed by atoms with Gasteiger partial charge in [-0.1, -0.05) is 0 Å². The van der Waals surface area contributed by atoms with Crippen LogP contribution >= 0.6 is 23.1 Å². The summed E-state index contributed by atoms with van der Waals surface area (Å²) in [6.07, 6.45) is 0. The Morgan fingerprint density at radius 3 is 2.61 bits per heavy atom. The van der Waals surface area contributed by atoms with Gasteiger partial charge in [-0.2, -0.15) is 0 Å². The molecule has 28 heavy (non-hydrogen) atoms. The standard InChI is InChI=1S/C18H21N3O5S2/c1-12-20-14(10-27-12)11-28-15-5-3-13(4-6-15)17(23)26-9-16(22)21-18(24)19-7-8-25-2/h3-6,10H,7-9,11H2,1-2H3,(H2,19,21,22,24). The number of rotatable bonds is 9. The number of hydrogen-bond donors (Lipinski definition) is 2. The summed E-state index contributed by atoms with van der Waals surface area (Å²) in [6.45, 7) is 2.01. The van der Waals surface area contributed by atoms with E-state index in [-0.39, 0.29) is 6.54 Å². The Kier molecular flexibility index (Phi) is 8.92. The normalized spacial score (nSPS) is 10.4. The number of carbonyl (C=O) groups is 3. The Hall–Kier alpha value is -2.43. The summed E-state index contributed by atoms with van der Waals surface area (Å²) in [6, 6.07) is 6.21. The first-order valence-electron chi connectivity index (χ1n) is 8.35. The molecule has 3 amide bonds. The summed E-state index contributed by atoms with van der Waals surface area (Å²) in [4.78, 5) is 40.4. The molecular weight excluding hydrogens is 402 g/mol. The van der Waals surface area contributed by atoms with E-state index in [0.29, 0.717) is 12.2 Å². The van der Waals surface area contributed by atoms with Gasteiger partial charge in [0.25, 0.3) is 5.91 Å². The molecule has 1 heterocycles. The number of amides is 3. The lowest BCUT2D eigenvalue weighted by Crippen LogP contribution is -2.42. The fourth-order valence-corrected chi connectivity index (χ4v) is 3.52. The average molecular weight is 424 g/mol. The van der Waals surface area contributed by atoms with E-state index in [2.05, 4.69) is 15.6 Å². The number of benzene rings is 1. The fourth-order valence-electron chi connectivity index (χ4n) is 2.01. The topological polar surface area (TPSA) is 107 Å². The van der Waals surface area contributed by atoms with Crippen LogP contribution in [0, 0.1) is 6.92 Å². The zero-order valence-corrected chi connectivity index (χ0v) is 17.2. The van der Waals surface area contributed by atoms with Gasteiger partial charge >= 0.3 is 12.0 Å². The van der Waals surface area contributed by atoms with E-state index in [1.54, 1.807) is 35.2 Å². The number of hydrogen-bond acceptors (Lipinski definition) is 8. The summed E-state index contributed by atoms with van der Waals surface area (Å²) in [5, 5.41) is 7.54. The SMILES string of the molecule is COCCNC(=O)NC(=O)COC(=O)c1ccc(SCc2csc(C)n2)cc1. The minimum absolute atomic E-state index is 0.266. The van der Waals surface area contributed by atoms with E-state index in [9.17, 15) is 14.4 Å². The first-order valence-corrected chi connectivity index (χ1v) is 10.2. The molecule has 0 saturated carbocycles. The van der Waals surface area contributed by atoms with Crippen LogP contribution in [-0.2, 0) is 20.0 Å². The van der Waals surface area contributed by atoms with Crippen molar-refractivity contribution in [3.05, 3.63) is 45.9 Å². The molecule has 10 heteroatoms. The van der Waals surface area contributed by atoms with Crippen molar-refractivity contribution in [3.63, 3.8) is 0 Å². The molecule has 0 spiro atoms. The van der Waals surface area contributed by atoms with Crippen LogP contribution in [-0.4, -0.2) is 49.8 Å². The van der Waals surface area contributed by atoms with Crippen LogP contribution in [0.3, 0.4) is 0 Å². The molecule has 2 aromatic rings. The maximum Gasteiger partial charge on any atom is 0.338 e. The van der Waals surface area contributed by atoms with Crippen LogP contribution in [0.25, 0.3) is 0 Å². The molecule has 0 bridgehead atoms. The van der Waals surface area contributed by atoms with Gasteiger partial charge in [0.05, 0.1) is 22.9 Å². The number of carbonyl (C=O) groups excluding carboxylic acids is 3. The number of aryl methyl sites for hydroxylation is 1. The third kappa shape index (κ3) is 7.67. The van der Waals surface area contributed by atoms with Crippen molar-refractivity contribution in [2.45, 2.75) is 17.6 Å². The van der Waals surface area contributed by atoms with Gasteiger partial charge in [0.2, 0.25) is 0 Å². The number of thiazole rings is 1. The quantitative estimate of drug-likeness (QED) is 0.362. The Morgan fingerprint density at radius 1 is 1.21 bits per heavy atom. The van der Waals surface area contributed by atoms with E-state index >= 15 is 0 Å². The highest BCUT2D eigenvalue weighted by molar-refractivity contribution is 7.98. The largest absolute Gasteiger partial charge is 0.452 e. The minimum atomic E-state index is -0.714. The van der Waals surface area contributed by atoms with E-state index in [4.69, 9.17) is 9.47 Å². The summed E-state index contributed by atoms with van der Waals surface area (Å²) in [5.41, 5.74) is 1.35. The highest BCUT2D eigenvalue weighted by Gasteiger charge is 2.12. The van der Waals surface area contributed by atoms with Crippen molar-refractivity contribution in [1.82, 2.24) is 15.6 Å². The van der Waals surface area contributed by atoms with E-state index in [0.717, 1.165) is 21.3 Å². The van der Waals surface area contributed by atoms with E-state index in [1.807, 2.05) is 24.4 Å². The average Bonchev–Trinajstić information content (AvgIpc) is 3.10. The molecular formula is C18H21N3O5S2. The Labute approximate surface area is 171 Å². The number of nitrogens with zero attached hydrogens (tertiary/aromatic N) is 1. The summed E-state index contributed by atoms with van der Waals surface area (Å²) in [7, 11) is 1.50. The van der Waals surface area contributed by atoms with E-state index < -0.39 is 24.5 Å². The number of urea groups is 1. The smallest absolute Gasteiger partial charge is 0.338 e. The van der Waals surface area contributed by atoms with Crippen molar-refractivity contribution in [3.8, 4) is 0 Å². The Morgan fingerprint density at radius 2 is 1.96 bits per heavy atom. The molecule has 0 aliphatic rings. The number of methoxy groups -OCH3 is 1. The van der Waals surface area contributed by atoms with Crippen molar-refractivity contribution in [2.75, 3.05) is 26.9 Å². The predicted molar refractivity (Wildman–Crippen MR) is 107 cm³/mol. The zero-order valence-electron chi connectivity index (χ0n) is 15.5. The van der Waals surface area contributed by atoms with Gasteiger partial charge in [0.1, 0.15) is 0 Å². The summed E-state index contributed by atoms with van der Waals surface area (Å²) >= 11 is 3.23. The van der Waals surface area contributed by atoms with Crippen LogP contribution in [0.15, 0.2) is 34.5 Å². The molecule has 1 aromatic heterocycles. The second kappa shape index (κ2) is 11.4. The third-order valence-corrected chi connectivity index (χ3v) is 5.19. The van der Waals surface area contributed by atoms with Gasteiger partial charge in [-0.15, -0.1) is 23.1 Å². The number of esters is 1. The highest BCUT2D eigenvalue weighted by atomic mass is 32.2. The molecule has 0 aliphatic heterocycles. The Bertz CT molecular complexity index is 808. The monoisotopic (exact) mass is 423 g/mol. The molecule has 1 aromatic carbocycles. The second-order valence-corrected chi connectivity index (χ2v) is 7.65. The first-order chi connectivity index (χ1) is 13.5. The first kappa shape index (κ1) is 21.9. The maximum absolute atomic E-state index is 12.0. The van der Waals surface area contributed by atoms with Gasteiger partial charge in [0.15, 0.2) is 6.61 Å². The lowest BCUT2D eigenvalue weighted by Gasteiger charge is -2.07. The van der Waals surface area contributed by atoms with Crippen molar-refractivity contribution < 1.29 is 23.9 Å². The number of aromatic nitrogens is 1. The molecule has 150 valence electrons. The van der Waals surface area contributed by atoms with Crippen LogP contribution in [0.4, 0.5) is 4.79 Å². The molecule has 0 saturated heterocycles. The van der Waals surface area contributed by atoms with Gasteiger partial charge in [-0.3, -0.25) is 10.1 Å². The van der Waals surface area contributed by atoms with Crippen LogP contribution < -0.4 is 10.6 Å². The number of nitrogens with one attached hydrogen (secondary N) is 2. The lowest BCUT2D eigenvalue weighted by atomic mass is 10.2. The Balaban J connectivity index is 1.73. The molecule has 8 nitrogen and oxygen atoms in total. The van der Waals surface area contributed by atoms with Crippen LogP contribution in [0.2, 0.25) is 0 Å². The second-order valence-electron chi connectivity index (χ2n) is 5.54. The molecule has 0 atom stereocenters. The maximum atomic E-state index is 12.0. The summed E-state index contributed by atoms with van der Waals surface area (Å²) < 4.78 is 9.69.